The summed E-state index contributed by atoms with van der Waals surface area (Å²) in [7, 11) is 2.30. The van der Waals surface area contributed by atoms with Crippen molar-refractivity contribution in [2.24, 2.45) is 5.92 Å². The van der Waals surface area contributed by atoms with Crippen LogP contribution in [0.15, 0.2) is 0 Å². The largest absolute Gasteiger partial charge is 0.332 e. The predicted molar refractivity (Wildman–Crippen MR) is 83.8 cm³/mol. The molecule has 4 aliphatic rings. The molecule has 4 heterocycles. The molecular formula is C16H33N5O+2. The highest BCUT2D eigenvalue weighted by atomic mass is 16.7. The van der Waals surface area contributed by atoms with Gasteiger partial charge in [-0.2, -0.15) is 5.48 Å². The second-order valence-corrected chi connectivity index (χ2v) is 7.76. The van der Waals surface area contributed by atoms with E-state index in [9.17, 15) is 0 Å². The first-order valence-electron chi connectivity index (χ1n) is 9.38. The molecule has 0 spiro atoms. The minimum Gasteiger partial charge on any atom is -0.332 e. The van der Waals surface area contributed by atoms with Gasteiger partial charge in [0.25, 0.3) is 0 Å². The van der Waals surface area contributed by atoms with Gasteiger partial charge in [-0.1, -0.05) is 0 Å². The Morgan fingerprint density at radius 3 is 2.82 bits per heavy atom. The average Bonchev–Trinajstić information content (AvgIpc) is 3.28. The molecule has 0 bridgehead atoms. The Bertz CT molecular complexity index is 376. The van der Waals surface area contributed by atoms with Crippen molar-refractivity contribution in [1.82, 2.24) is 15.7 Å². The Balaban J connectivity index is 1.32. The van der Waals surface area contributed by atoms with Crippen LogP contribution in [0, 0.1) is 5.92 Å². The molecule has 4 saturated heterocycles. The molecule has 0 saturated carbocycles. The number of rotatable bonds is 3. The Hall–Kier alpha value is -0.240. The Morgan fingerprint density at radius 1 is 1.18 bits per heavy atom. The minimum absolute atomic E-state index is 0.198. The van der Waals surface area contributed by atoms with Gasteiger partial charge in [0.15, 0.2) is 6.23 Å². The van der Waals surface area contributed by atoms with E-state index in [2.05, 4.69) is 28.1 Å². The molecule has 4 fully saturated rings. The fraction of sp³-hybridized carbons (Fsp3) is 1.00. The van der Waals surface area contributed by atoms with Crippen LogP contribution in [0.1, 0.15) is 38.5 Å². The molecule has 6 nitrogen and oxygen atoms in total. The number of hydrogen-bond donors (Lipinski definition) is 4. The zero-order valence-corrected chi connectivity index (χ0v) is 13.9. The van der Waals surface area contributed by atoms with Crippen molar-refractivity contribution in [2.75, 3.05) is 33.2 Å². The monoisotopic (exact) mass is 311 g/mol. The third kappa shape index (κ3) is 3.05. The summed E-state index contributed by atoms with van der Waals surface area (Å²) in [6.45, 7) is 5.14. The lowest BCUT2D eigenvalue weighted by Crippen LogP contribution is -3.12. The van der Waals surface area contributed by atoms with E-state index >= 15 is 0 Å². The Kier molecular flexibility index (Phi) is 4.66. The standard InChI is InChI=1S/C16H31N5O/c1-20-8-4-5-13(20)16-18-15(19-22-16)12-6-7-17-14(11-12)21-9-2-3-10-21/h12-19H,2-11H2,1H3/p+2. The first kappa shape index (κ1) is 15.3. The number of hydrogen-bond acceptors (Lipinski definition) is 4. The summed E-state index contributed by atoms with van der Waals surface area (Å²) in [5.74, 6) is 0.697. The van der Waals surface area contributed by atoms with Crippen LogP contribution in [0.5, 0.6) is 0 Å². The summed E-state index contributed by atoms with van der Waals surface area (Å²) in [5, 5.41) is 6.32. The smallest absolute Gasteiger partial charge is 0.183 e. The number of hydroxylamine groups is 1. The number of nitrogens with one attached hydrogen (secondary N) is 3. The van der Waals surface area contributed by atoms with Gasteiger partial charge in [-0.05, 0) is 12.8 Å². The van der Waals surface area contributed by atoms with E-state index in [1.54, 1.807) is 4.90 Å². The average molecular weight is 311 g/mol. The lowest BCUT2D eigenvalue weighted by molar-refractivity contribution is -0.896. The lowest BCUT2D eigenvalue weighted by Gasteiger charge is -2.35. The molecule has 0 radical (unpaired) electrons. The quantitative estimate of drug-likeness (QED) is 0.479. The van der Waals surface area contributed by atoms with Crippen LogP contribution < -0.4 is 21.0 Å². The molecule has 0 aromatic rings. The highest BCUT2D eigenvalue weighted by molar-refractivity contribution is 4.85. The number of piperidine rings is 1. The molecule has 4 aliphatic heterocycles. The highest BCUT2D eigenvalue weighted by Gasteiger charge is 2.43. The molecule has 0 amide bonds. The molecule has 6 heteroatoms. The van der Waals surface area contributed by atoms with Crippen LogP contribution in [0.3, 0.4) is 0 Å². The van der Waals surface area contributed by atoms with E-state index < -0.39 is 0 Å². The summed E-state index contributed by atoms with van der Waals surface area (Å²) in [6.07, 6.45) is 9.20. The zero-order chi connectivity index (χ0) is 14.9. The maximum Gasteiger partial charge on any atom is 0.183 e. The summed E-state index contributed by atoms with van der Waals surface area (Å²) in [6, 6.07) is 0.613. The molecule has 22 heavy (non-hydrogen) atoms. The van der Waals surface area contributed by atoms with Crippen molar-refractivity contribution in [2.45, 2.75) is 63.1 Å². The van der Waals surface area contributed by atoms with Crippen molar-refractivity contribution < 1.29 is 15.1 Å². The van der Waals surface area contributed by atoms with Crippen molar-refractivity contribution in [1.29, 1.82) is 0 Å². The summed E-state index contributed by atoms with van der Waals surface area (Å²) in [5.41, 5.74) is 3.33. The zero-order valence-electron chi connectivity index (χ0n) is 13.9. The predicted octanol–water partition coefficient (Wildman–Crippen LogP) is -2.16. The van der Waals surface area contributed by atoms with Gasteiger partial charge in [0.05, 0.1) is 26.3 Å². The van der Waals surface area contributed by atoms with E-state index in [0.29, 0.717) is 24.3 Å². The summed E-state index contributed by atoms with van der Waals surface area (Å²) >= 11 is 0. The van der Waals surface area contributed by atoms with E-state index in [0.717, 1.165) is 0 Å². The number of quaternary nitrogens is 2. The van der Waals surface area contributed by atoms with Crippen molar-refractivity contribution in [3.05, 3.63) is 0 Å². The number of likely N-dealkylation sites (tertiary alicyclic amines) is 2. The van der Waals surface area contributed by atoms with Crippen LogP contribution in [0.2, 0.25) is 0 Å². The minimum atomic E-state index is 0.198. The van der Waals surface area contributed by atoms with Gasteiger partial charge in [-0.15, -0.1) is 0 Å². The fourth-order valence-electron chi connectivity index (χ4n) is 4.97. The molecule has 5 N–H and O–H groups in total. The van der Waals surface area contributed by atoms with Crippen LogP contribution in [-0.2, 0) is 4.84 Å². The van der Waals surface area contributed by atoms with Crippen LogP contribution in [0.4, 0.5) is 0 Å². The van der Waals surface area contributed by atoms with Gasteiger partial charge in [0.1, 0.15) is 12.2 Å². The van der Waals surface area contributed by atoms with Crippen LogP contribution in [-0.4, -0.2) is 62.7 Å². The first-order valence-corrected chi connectivity index (χ1v) is 9.38. The Morgan fingerprint density at radius 2 is 2.05 bits per heavy atom. The lowest BCUT2D eigenvalue weighted by atomic mass is 9.92. The van der Waals surface area contributed by atoms with Gasteiger partial charge in [0, 0.05) is 44.7 Å². The summed E-state index contributed by atoms with van der Waals surface area (Å²) < 4.78 is 0. The van der Waals surface area contributed by atoms with Crippen molar-refractivity contribution >= 4 is 0 Å². The van der Waals surface area contributed by atoms with Crippen LogP contribution in [0.25, 0.3) is 0 Å². The fourth-order valence-corrected chi connectivity index (χ4v) is 4.97. The number of likely N-dealkylation sites (N-methyl/N-ethyl adjacent to an activating group) is 1. The van der Waals surface area contributed by atoms with E-state index in [1.807, 2.05) is 0 Å². The third-order valence-electron chi connectivity index (χ3n) is 6.35. The number of nitrogens with two attached hydrogens (primary N) is 1. The van der Waals surface area contributed by atoms with Crippen LogP contribution >= 0.6 is 0 Å². The SMILES string of the molecule is C[NH+]1CCCC1C1NC(C2CC[NH2+]C(N3CCCC3)C2)NO1. The number of nitrogens with zero attached hydrogens (tertiary/aromatic N) is 1. The molecule has 4 rings (SSSR count). The van der Waals surface area contributed by atoms with Crippen molar-refractivity contribution in [3.8, 4) is 0 Å². The topological polar surface area (TPSA) is 57.6 Å². The van der Waals surface area contributed by atoms with Gasteiger partial charge in [0.2, 0.25) is 0 Å². The molecular weight excluding hydrogens is 278 g/mol. The summed E-state index contributed by atoms with van der Waals surface area (Å²) in [4.78, 5) is 10.2. The van der Waals surface area contributed by atoms with E-state index in [1.165, 1.54) is 64.7 Å². The second kappa shape index (κ2) is 6.71. The molecule has 0 aromatic carbocycles. The highest BCUT2D eigenvalue weighted by Crippen LogP contribution is 2.23. The van der Waals surface area contributed by atoms with Crippen molar-refractivity contribution in [3.63, 3.8) is 0 Å². The molecule has 126 valence electrons. The maximum atomic E-state index is 5.93. The van der Waals surface area contributed by atoms with Gasteiger partial charge in [-0.25, -0.2) is 0 Å². The maximum absolute atomic E-state index is 5.93. The van der Waals surface area contributed by atoms with E-state index in [-0.39, 0.29) is 6.23 Å². The third-order valence-corrected chi connectivity index (χ3v) is 6.35. The van der Waals surface area contributed by atoms with E-state index in [4.69, 9.17) is 4.84 Å². The Labute approximate surface area is 133 Å². The molecule has 6 unspecified atom stereocenters. The van der Waals surface area contributed by atoms with Gasteiger partial charge >= 0.3 is 0 Å². The molecule has 0 aliphatic carbocycles. The van der Waals surface area contributed by atoms with Gasteiger partial charge in [-0.3, -0.25) is 15.1 Å². The molecule has 0 aromatic heterocycles. The molecule has 6 atom stereocenters. The normalized spacial score (nSPS) is 47.3. The van der Waals surface area contributed by atoms with Gasteiger partial charge < -0.3 is 10.2 Å². The first-order chi connectivity index (χ1) is 10.8. The second-order valence-electron chi connectivity index (χ2n) is 7.76.